The van der Waals surface area contributed by atoms with Gasteiger partial charge in [0, 0.05) is 17.6 Å². The maximum absolute atomic E-state index is 12.0. The summed E-state index contributed by atoms with van der Waals surface area (Å²) in [6.45, 7) is 0.147. The predicted molar refractivity (Wildman–Crippen MR) is 94.4 cm³/mol. The monoisotopic (exact) mass is 352 g/mol. The van der Waals surface area contributed by atoms with E-state index in [2.05, 4.69) is 25.8 Å². The molecule has 0 aliphatic heterocycles. The number of pyridine rings is 1. The maximum atomic E-state index is 12.0. The Balaban J connectivity index is 1.27. The zero-order chi connectivity index (χ0) is 17.8. The van der Waals surface area contributed by atoms with Crippen LogP contribution in [-0.2, 0) is 11.3 Å². The van der Waals surface area contributed by atoms with Gasteiger partial charge in [0.05, 0.1) is 11.6 Å². The van der Waals surface area contributed by atoms with Crippen LogP contribution < -0.4 is 10.1 Å². The van der Waals surface area contributed by atoms with E-state index in [9.17, 15) is 4.79 Å². The molecule has 26 heavy (non-hydrogen) atoms. The summed E-state index contributed by atoms with van der Waals surface area (Å²) in [5.41, 5.74) is 0.967. The maximum Gasteiger partial charge on any atom is 0.242 e. The summed E-state index contributed by atoms with van der Waals surface area (Å²) in [6, 6.07) is 10.1. The number of benzene rings is 1. The fourth-order valence-electron chi connectivity index (χ4n) is 3.32. The Morgan fingerprint density at radius 2 is 2.12 bits per heavy atom. The smallest absolute Gasteiger partial charge is 0.242 e. The molecule has 2 aromatic heterocycles. The zero-order valence-electron chi connectivity index (χ0n) is 14.3. The number of carbonyl (C=O) groups excluding carboxylic acids is 1. The second-order valence-electron chi connectivity index (χ2n) is 6.52. The van der Waals surface area contributed by atoms with Gasteiger partial charge < -0.3 is 10.1 Å². The molecule has 0 saturated heterocycles. The first-order valence-corrected chi connectivity index (χ1v) is 8.78. The number of hydrogen-bond acceptors (Lipinski definition) is 6. The fourth-order valence-corrected chi connectivity index (χ4v) is 3.32. The van der Waals surface area contributed by atoms with Crippen LogP contribution in [0.15, 0.2) is 42.9 Å². The van der Waals surface area contributed by atoms with Crippen molar-refractivity contribution in [3.05, 3.63) is 42.9 Å². The lowest BCUT2D eigenvalue weighted by Crippen LogP contribution is -2.41. The van der Waals surface area contributed by atoms with Crippen molar-refractivity contribution in [2.75, 3.05) is 0 Å². The molecule has 1 N–H and O–H groups in total. The summed E-state index contributed by atoms with van der Waals surface area (Å²) >= 11 is 0. The molecule has 8 nitrogen and oxygen atoms in total. The third kappa shape index (κ3) is 3.96. The van der Waals surface area contributed by atoms with Crippen molar-refractivity contribution in [1.82, 2.24) is 30.5 Å². The lowest BCUT2D eigenvalue weighted by molar-refractivity contribution is -0.122. The molecule has 134 valence electrons. The van der Waals surface area contributed by atoms with Crippen LogP contribution >= 0.6 is 0 Å². The van der Waals surface area contributed by atoms with Crippen LogP contribution in [0.1, 0.15) is 25.7 Å². The van der Waals surface area contributed by atoms with E-state index in [4.69, 9.17) is 4.74 Å². The van der Waals surface area contributed by atoms with E-state index in [1.807, 2.05) is 30.3 Å². The highest BCUT2D eigenvalue weighted by Crippen LogP contribution is 2.26. The Kier molecular flexibility index (Phi) is 4.72. The summed E-state index contributed by atoms with van der Waals surface area (Å²) in [5.74, 6) is 0.806. The Hall–Kier alpha value is -3.03. The molecule has 0 atom stereocenters. The largest absolute Gasteiger partial charge is 0.490 e. The molecule has 1 aromatic carbocycles. The number of nitrogens with zero attached hydrogens (tertiary/aromatic N) is 5. The van der Waals surface area contributed by atoms with Crippen LogP contribution in [0.5, 0.6) is 5.75 Å². The van der Waals surface area contributed by atoms with Crippen LogP contribution in [0, 0.1) is 0 Å². The summed E-state index contributed by atoms with van der Waals surface area (Å²) in [6.07, 6.45) is 7.04. The van der Waals surface area contributed by atoms with Crippen molar-refractivity contribution in [1.29, 1.82) is 0 Å². The van der Waals surface area contributed by atoms with Gasteiger partial charge in [0.2, 0.25) is 5.91 Å². The molecule has 1 aliphatic rings. The molecule has 0 radical (unpaired) electrons. The van der Waals surface area contributed by atoms with Gasteiger partial charge in [-0.3, -0.25) is 9.78 Å². The molecular formula is C18H20N6O2. The highest BCUT2D eigenvalue weighted by molar-refractivity contribution is 5.79. The van der Waals surface area contributed by atoms with Crippen LogP contribution in [0.2, 0.25) is 0 Å². The molecule has 8 heteroatoms. The van der Waals surface area contributed by atoms with Gasteiger partial charge in [-0.2, -0.15) is 0 Å². The molecule has 1 aliphatic carbocycles. The second-order valence-corrected chi connectivity index (χ2v) is 6.52. The van der Waals surface area contributed by atoms with Gasteiger partial charge in [0.1, 0.15) is 18.6 Å². The first-order valence-electron chi connectivity index (χ1n) is 8.78. The van der Waals surface area contributed by atoms with Crippen molar-refractivity contribution in [2.24, 2.45) is 0 Å². The molecule has 2 heterocycles. The molecule has 1 saturated carbocycles. The van der Waals surface area contributed by atoms with Gasteiger partial charge in [-0.25, -0.2) is 4.68 Å². The Bertz CT molecular complexity index is 874. The van der Waals surface area contributed by atoms with Crippen molar-refractivity contribution in [3.63, 3.8) is 0 Å². The first-order chi connectivity index (χ1) is 12.8. The molecule has 0 spiro atoms. The molecule has 1 amide bonds. The SMILES string of the molecule is O=C(Cn1cnnn1)NC1CCC(Oc2ccc3ncccc3c2)CC1. The molecule has 3 aromatic rings. The Morgan fingerprint density at radius 3 is 2.92 bits per heavy atom. The lowest BCUT2D eigenvalue weighted by Gasteiger charge is -2.29. The normalized spacial score (nSPS) is 20.0. The van der Waals surface area contributed by atoms with Crippen LogP contribution in [0.25, 0.3) is 10.9 Å². The third-order valence-electron chi connectivity index (χ3n) is 4.61. The van der Waals surface area contributed by atoms with E-state index in [0.717, 1.165) is 42.3 Å². The predicted octanol–water partition coefficient (Wildman–Crippen LogP) is 1.73. The highest BCUT2D eigenvalue weighted by Gasteiger charge is 2.23. The van der Waals surface area contributed by atoms with E-state index in [-0.39, 0.29) is 24.6 Å². The van der Waals surface area contributed by atoms with E-state index >= 15 is 0 Å². The number of hydrogen-bond donors (Lipinski definition) is 1. The molecule has 0 bridgehead atoms. The first kappa shape index (κ1) is 16.4. The van der Waals surface area contributed by atoms with Crippen molar-refractivity contribution in [2.45, 2.75) is 44.4 Å². The molecule has 0 unspecified atom stereocenters. The fraction of sp³-hybridized carbons (Fsp3) is 0.389. The quantitative estimate of drug-likeness (QED) is 0.751. The minimum Gasteiger partial charge on any atom is -0.490 e. The molecular weight excluding hydrogens is 332 g/mol. The Labute approximate surface area is 150 Å². The number of aromatic nitrogens is 5. The second kappa shape index (κ2) is 7.47. The van der Waals surface area contributed by atoms with Crippen LogP contribution in [-0.4, -0.2) is 43.2 Å². The van der Waals surface area contributed by atoms with Gasteiger partial charge in [0.15, 0.2) is 0 Å². The average molecular weight is 352 g/mol. The highest BCUT2D eigenvalue weighted by atomic mass is 16.5. The number of nitrogens with one attached hydrogen (secondary N) is 1. The van der Waals surface area contributed by atoms with Crippen molar-refractivity contribution in [3.8, 4) is 5.75 Å². The summed E-state index contributed by atoms with van der Waals surface area (Å²) in [7, 11) is 0. The standard InChI is InChI=1S/C18H20N6O2/c25-18(11-24-12-20-22-23-24)21-14-3-5-15(6-4-14)26-16-7-8-17-13(10-16)2-1-9-19-17/h1-2,7-10,12,14-15H,3-6,11H2,(H,21,25). The van der Waals surface area contributed by atoms with E-state index in [1.54, 1.807) is 6.20 Å². The van der Waals surface area contributed by atoms with Gasteiger partial charge in [-0.05, 0) is 60.4 Å². The number of carbonyl (C=O) groups is 1. The van der Waals surface area contributed by atoms with E-state index in [0.29, 0.717) is 0 Å². The van der Waals surface area contributed by atoms with E-state index in [1.165, 1.54) is 11.0 Å². The molecule has 4 rings (SSSR count). The summed E-state index contributed by atoms with van der Waals surface area (Å²) < 4.78 is 7.55. The average Bonchev–Trinajstić information content (AvgIpc) is 3.16. The minimum atomic E-state index is -0.0660. The number of amides is 1. The third-order valence-corrected chi connectivity index (χ3v) is 4.61. The number of tetrazole rings is 1. The topological polar surface area (TPSA) is 94.8 Å². The molecule has 1 fully saturated rings. The Morgan fingerprint density at radius 1 is 1.23 bits per heavy atom. The van der Waals surface area contributed by atoms with Crippen molar-refractivity contribution >= 4 is 16.8 Å². The van der Waals surface area contributed by atoms with Gasteiger partial charge >= 0.3 is 0 Å². The van der Waals surface area contributed by atoms with Crippen LogP contribution in [0.4, 0.5) is 0 Å². The summed E-state index contributed by atoms with van der Waals surface area (Å²) in [5, 5.41) is 14.9. The van der Waals surface area contributed by atoms with Crippen molar-refractivity contribution < 1.29 is 9.53 Å². The van der Waals surface area contributed by atoms with Gasteiger partial charge in [-0.15, -0.1) is 5.10 Å². The number of ether oxygens (including phenoxy) is 1. The van der Waals surface area contributed by atoms with E-state index < -0.39 is 0 Å². The zero-order valence-corrected chi connectivity index (χ0v) is 14.3. The van der Waals surface area contributed by atoms with Gasteiger partial charge in [-0.1, -0.05) is 6.07 Å². The van der Waals surface area contributed by atoms with Gasteiger partial charge in [0.25, 0.3) is 0 Å². The lowest BCUT2D eigenvalue weighted by atomic mass is 9.93. The summed E-state index contributed by atoms with van der Waals surface area (Å²) in [4.78, 5) is 16.3. The minimum absolute atomic E-state index is 0.0660. The van der Waals surface area contributed by atoms with Crippen LogP contribution in [0.3, 0.4) is 0 Å². The number of rotatable bonds is 5. The number of fused-ring (bicyclic) bond motifs is 1.